The Bertz CT molecular complexity index is 564. The summed E-state index contributed by atoms with van der Waals surface area (Å²) in [6.45, 7) is 5.42. The normalized spacial score (nSPS) is 11.3. The number of nitrogens with one attached hydrogen (secondary N) is 1. The summed E-state index contributed by atoms with van der Waals surface area (Å²) in [5.74, 6) is 1.59. The molecule has 21 heavy (non-hydrogen) atoms. The Morgan fingerprint density at radius 3 is 2.62 bits per heavy atom. The first-order valence-corrected chi connectivity index (χ1v) is 9.68. The van der Waals surface area contributed by atoms with E-state index in [-0.39, 0.29) is 0 Å². The van der Waals surface area contributed by atoms with E-state index in [2.05, 4.69) is 59.4 Å². The van der Waals surface area contributed by atoms with Crippen molar-refractivity contribution in [2.45, 2.75) is 37.5 Å². The van der Waals surface area contributed by atoms with Gasteiger partial charge in [0.05, 0.1) is 11.4 Å². The molecule has 0 saturated carbocycles. The highest BCUT2D eigenvalue weighted by Gasteiger charge is 2.12. The molecule has 0 aliphatic heterocycles. The van der Waals surface area contributed by atoms with Crippen molar-refractivity contribution in [3.8, 4) is 0 Å². The topological polar surface area (TPSA) is 24.9 Å². The van der Waals surface area contributed by atoms with Gasteiger partial charge in [-0.1, -0.05) is 29.8 Å². The van der Waals surface area contributed by atoms with Crippen LogP contribution >= 0.6 is 39.0 Å². The van der Waals surface area contributed by atoms with Crippen molar-refractivity contribution in [2.24, 2.45) is 5.92 Å². The molecule has 0 unspecified atom stereocenters. The molecule has 0 fully saturated rings. The minimum atomic E-state index is 0.648. The molecule has 0 atom stereocenters. The zero-order chi connectivity index (χ0) is 15.2. The molecular weight excluding hydrogens is 364 g/mol. The van der Waals surface area contributed by atoms with E-state index in [9.17, 15) is 0 Å². The summed E-state index contributed by atoms with van der Waals surface area (Å²) in [6, 6.07) is 8.46. The third-order valence-electron chi connectivity index (χ3n) is 2.94. The summed E-state index contributed by atoms with van der Waals surface area (Å²) in [4.78, 5) is 7.52. The Morgan fingerprint density at radius 1 is 1.29 bits per heavy atom. The molecule has 114 valence electrons. The summed E-state index contributed by atoms with van der Waals surface area (Å²) >= 11 is 7.16. The monoisotopic (exact) mass is 384 g/mol. The predicted molar refractivity (Wildman–Crippen MR) is 97.1 cm³/mol. The number of benzene rings is 1. The van der Waals surface area contributed by atoms with E-state index >= 15 is 0 Å². The van der Waals surface area contributed by atoms with Gasteiger partial charge in [-0.15, -0.1) is 23.1 Å². The molecule has 0 bridgehead atoms. The molecule has 1 aromatic carbocycles. The van der Waals surface area contributed by atoms with Gasteiger partial charge in [-0.2, -0.15) is 0 Å². The van der Waals surface area contributed by atoms with E-state index in [1.165, 1.54) is 20.5 Å². The zero-order valence-corrected chi connectivity index (χ0v) is 15.9. The second kappa shape index (κ2) is 8.32. The first-order chi connectivity index (χ1) is 10.1. The van der Waals surface area contributed by atoms with E-state index in [1.807, 2.05) is 30.1 Å². The molecule has 0 amide bonds. The predicted octanol–water partition coefficient (Wildman–Crippen LogP) is 5.12. The molecular formula is C16H21BrN2S2. The van der Waals surface area contributed by atoms with Crippen molar-refractivity contribution < 1.29 is 0 Å². The van der Waals surface area contributed by atoms with Crippen LogP contribution in [0.5, 0.6) is 0 Å². The largest absolute Gasteiger partial charge is 0.315 e. The van der Waals surface area contributed by atoms with Crippen LogP contribution in [-0.4, -0.2) is 12.0 Å². The quantitative estimate of drug-likeness (QED) is 0.670. The van der Waals surface area contributed by atoms with Crippen molar-refractivity contribution in [1.29, 1.82) is 0 Å². The fraction of sp³-hybridized carbons (Fsp3) is 0.438. The Kier molecular flexibility index (Phi) is 6.74. The van der Waals surface area contributed by atoms with E-state index in [4.69, 9.17) is 4.98 Å². The van der Waals surface area contributed by atoms with Crippen molar-refractivity contribution >= 4 is 39.0 Å². The van der Waals surface area contributed by atoms with Gasteiger partial charge in [0.25, 0.3) is 0 Å². The van der Waals surface area contributed by atoms with Crippen LogP contribution in [0.3, 0.4) is 0 Å². The van der Waals surface area contributed by atoms with Gasteiger partial charge in [-0.25, -0.2) is 4.98 Å². The fourth-order valence-electron chi connectivity index (χ4n) is 2.02. The van der Waals surface area contributed by atoms with Crippen LogP contribution in [0.15, 0.2) is 33.6 Å². The van der Waals surface area contributed by atoms with Crippen molar-refractivity contribution in [2.75, 3.05) is 7.05 Å². The molecule has 1 aromatic heterocycles. The van der Waals surface area contributed by atoms with Crippen molar-refractivity contribution in [3.05, 3.63) is 44.3 Å². The first-order valence-electron chi connectivity index (χ1n) is 7.09. The third kappa shape index (κ3) is 5.40. The molecule has 0 radical (unpaired) electrons. The van der Waals surface area contributed by atoms with E-state index in [0.29, 0.717) is 5.92 Å². The van der Waals surface area contributed by atoms with Crippen LogP contribution in [-0.2, 0) is 18.7 Å². The third-order valence-corrected chi connectivity index (χ3v) is 5.77. The maximum atomic E-state index is 4.85. The van der Waals surface area contributed by atoms with Crippen molar-refractivity contribution in [1.82, 2.24) is 10.3 Å². The average Bonchev–Trinajstić information content (AvgIpc) is 2.80. The first kappa shape index (κ1) is 17.0. The molecule has 5 heteroatoms. The van der Waals surface area contributed by atoms with Gasteiger partial charge in [0.1, 0.15) is 5.01 Å². The number of nitrogens with zero attached hydrogens (tertiary/aromatic N) is 1. The lowest BCUT2D eigenvalue weighted by atomic mass is 10.1. The maximum Gasteiger partial charge on any atom is 0.103 e. The van der Waals surface area contributed by atoms with E-state index < -0.39 is 0 Å². The smallest absolute Gasteiger partial charge is 0.103 e. The van der Waals surface area contributed by atoms with Gasteiger partial charge in [0.15, 0.2) is 0 Å². The summed E-state index contributed by atoms with van der Waals surface area (Å²) < 4.78 is 1.12. The van der Waals surface area contributed by atoms with Gasteiger partial charge in [-0.05, 0) is 43.7 Å². The van der Waals surface area contributed by atoms with Gasteiger partial charge in [0, 0.05) is 20.8 Å². The van der Waals surface area contributed by atoms with Gasteiger partial charge in [-0.3, -0.25) is 0 Å². The molecule has 1 heterocycles. The van der Waals surface area contributed by atoms with Crippen LogP contribution in [0.2, 0.25) is 0 Å². The minimum absolute atomic E-state index is 0.648. The van der Waals surface area contributed by atoms with Crippen LogP contribution in [0.25, 0.3) is 0 Å². The Balaban J connectivity index is 2.03. The van der Waals surface area contributed by atoms with E-state index in [0.717, 1.165) is 23.2 Å². The SMILES string of the molecule is CNCc1sc(CSc2ccc(Br)cc2)nc1CC(C)C. The number of aromatic nitrogens is 1. The molecule has 1 N–H and O–H groups in total. The minimum Gasteiger partial charge on any atom is -0.315 e. The Labute approximate surface area is 143 Å². The summed E-state index contributed by atoms with van der Waals surface area (Å²) in [5.41, 5.74) is 1.27. The van der Waals surface area contributed by atoms with Gasteiger partial charge >= 0.3 is 0 Å². The second-order valence-electron chi connectivity index (χ2n) is 5.35. The molecule has 2 aromatic rings. The highest BCUT2D eigenvalue weighted by Crippen LogP contribution is 2.28. The summed E-state index contributed by atoms with van der Waals surface area (Å²) in [6.07, 6.45) is 1.07. The summed E-state index contributed by atoms with van der Waals surface area (Å²) in [7, 11) is 2.00. The Hall–Kier alpha value is -0.360. The molecule has 0 spiro atoms. The highest BCUT2D eigenvalue weighted by molar-refractivity contribution is 9.10. The number of hydrogen-bond acceptors (Lipinski definition) is 4. The number of thiazole rings is 1. The molecule has 2 nitrogen and oxygen atoms in total. The van der Waals surface area contributed by atoms with E-state index in [1.54, 1.807) is 0 Å². The lowest BCUT2D eigenvalue weighted by Gasteiger charge is -2.03. The standard InChI is InChI=1S/C16H21BrN2S2/c1-11(2)8-14-15(9-18-3)21-16(19-14)10-20-13-6-4-12(17)5-7-13/h4-7,11,18H,8-10H2,1-3H3. The highest BCUT2D eigenvalue weighted by atomic mass is 79.9. The zero-order valence-electron chi connectivity index (χ0n) is 12.6. The number of rotatable bonds is 7. The second-order valence-corrected chi connectivity index (χ2v) is 8.48. The molecule has 0 saturated heterocycles. The van der Waals surface area contributed by atoms with Crippen molar-refractivity contribution in [3.63, 3.8) is 0 Å². The lowest BCUT2D eigenvalue weighted by molar-refractivity contribution is 0.630. The molecule has 0 aliphatic rings. The number of halogens is 1. The van der Waals surface area contributed by atoms with Gasteiger partial charge < -0.3 is 5.32 Å². The lowest BCUT2D eigenvalue weighted by Crippen LogP contribution is -2.07. The van der Waals surface area contributed by atoms with Crippen LogP contribution in [0, 0.1) is 5.92 Å². The number of thioether (sulfide) groups is 1. The fourth-order valence-corrected chi connectivity index (χ4v) is 4.28. The molecule has 2 rings (SSSR count). The average molecular weight is 385 g/mol. The molecule has 0 aliphatic carbocycles. The number of hydrogen-bond donors (Lipinski definition) is 1. The Morgan fingerprint density at radius 2 is 2.00 bits per heavy atom. The maximum absolute atomic E-state index is 4.85. The van der Waals surface area contributed by atoms with Gasteiger partial charge in [0.2, 0.25) is 0 Å². The summed E-state index contributed by atoms with van der Waals surface area (Å²) in [5, 5.41) is 4.48. The van der Waals surface area contributed by atoms with Crippen LogP contribution in [0.1, 0.15) is 29.4 Å². The van der Waals surface area contributed by atoms with Crippen LogP contribution in [0.4, 0.5) is 0 Å². The van der Waals surface area contributed by atoms with Crippen LogP contribution < -0.4 is 5.32 Å².